The monoisotopic (exact) mass is 316 g/mol. The van der Waals surface area contributed by atoms with Gasteiger partial charge in [-0.25, -0.2) is 8.42 Å². The Morgan fingerprint density at radius 2 is 1.86 bits per heavy atom. The second kappa shape index (κ2) is 5.82. The number of aryl methyl sites for hydroxylation is 2. The summed E-state index contributed by atoms with van der Waals surface area (Å²) in [6.07, 6.45) is 3.47. The molecule has 1 saturated heterocycles. The highest BCUT2D eigenvalue weighted by Crippen LogP contribution is 2.37. The van der Waals surface area contributed by atoms with Crippen molar-refractivity contribution in [3.63, 3.8) is 0 Å². The zero-order chi connectivity index (χ0) is 15.7. The first kappa shape index (κ1) is 15.2. The van der Waals surface area contributed by atoms with E-state index >= 15 is 0 Å². The normalized spacial score (nSPS) is 19.5. The molecule has 1 atom stereocenters. The minimum Gasteiger partial charge on any atom is -0.261 e. The quantitative estimate of drug-likeness (QED) is 0.873. The maximum atomic E-state index is 12.9. The number of sulfonamides is 1. The van der Waals surface area contributed by atoms with Crippen molar-refractivity contribution in [3.8, 4) is 0 Å². The molecule has 22 heavy (non-hydrogen) atoms. The van der Waals surface area contributed by atoms with E-state index in [-0.39, 0.29) is 6.04 Å². The highest BCUT2D eigenvalue weighted by Gasteiger charge is 2.36. The van der Waals surface area contributed by atoms with Crippen LogP contribution in [0, 0.1) is 13.8 Å². The van der Waals surface area contributed by atoms with Gasteiger partial charge < -0.3 is 0 Å². The van der Waals surface area contributed by atoms with Crippen LogP contribution in [-0.2, 0) is 10.0 Å². The topological polar surface area (TPSA) is 50.3 Å². The van der Waals surface area contributed by atoms with Gasteiger partial charge in [-0.05, 0) is 50.5 Å². The molecule has 116 valence electrons. The van der Waals surface area contributed by atoms with Gasteiger partial charge in [-0.3, -0.25) is 4.98 Å². The average molecular weight is 316 g/mol. The number of pyridine rings is 1. The second-order valence-electron chi connectivity index (χ2n) is 5.76. The van der Waals surface area contributed by atoms with Crippen LogP contribution in [0.5, 0.6) is 0 Å². The van der Waals surface area contributed by atoms with Crippen molar-refractivity contribution >= 4 is 10.0 Å². The lowest BCUT2D eigenvalue weighted by Crippen LogP contribution is -2.31. The van der Waals surface area contributed by atoms with Crippen LogP contribution in [0.1, 0.15) is 35.7 Å². The maximum Gasteiger partial charge on any atom is 0.243 e. The summed E-state index contributed by atoms with van der Waals surface area (Å²) < 4.78 is 27.5. The van der Waals surface area contributed by atoms with Crippen LogP contribution in [0.2, 0.25) is 0 Å². The smallest absolute Gasteiger partial charge is 0.243 e. The molecule has 5 heteroatoms. The first-order chi connectivity index (χ1) is 10.5. The summed E-state index contributed by atoms with van der Waals surface area (Å²) in [5, 5.41) is 0. The van der Waals surface area contributed by atoms with Gasteiger partial charge >= 0.3 is 0 Å². The van der Waals surface area contributed by atoms with Crippen LogP contribution in [0.3, 0.4) is 0 Å². The third-order valence-corrected chi connectivity index (χ3v) is 6.16. The molecule has 0 saturated carbocycles. The average Bonchev–Trinajstić information content (AvgIpc) is 2.98. The first-order valence-corrected chi connectivity index (χ1v) is 8.94. The van der Waals surface area contributed by atoms with Gasteiger partial charge in [0, 0.05) is 18.4 Å². The summed E-state index contributed by atoms with van der Waals surface area (Å²) in [5.74, 6) is 0. The maximum absolute atomic E-state index is 12.9. The molecule has 4 nitrogen and oxygen atoms in total. The molecular formula is C17H20N2O2S. The lowest BCUT2D eigenvalue weighted by molar-refractivity contribution is 0.395. The van der Waals surface area contributed by atoms with E-state index in [4.69, 9.17) is 0 Å². The molecule has 0 spiro atoms. The summed E-state index contributed by atoms with van der Waals surface area (Å²) >= 11 is 0. The molecule has 0 aliphatic carbocycles. The number of aromatic nitrogens is 1. The second-order valence-corrected chi connectivity index (χ2v) is 7.66. The van der Waals surface area contributed by atoms with Crippen LogP contribution >= 0.6 is 0 Å². The molecule has 0 amide bonds. The molecule has 2 heterocycles. The Labute approximate surface area is 131 Å². The molecule has 1 aromatic heterocycles. The molecule has 0 unspecified atom stereocenters. The predicted molar refractivity (Wildman–Crippen MR) is 86.0 cm³/mol. The third kappa shape index (κ3) is 2.66. The van der Waals surface area contributed by atoms with Crippen LogP contribution in [-0.4, -0.2) is 24.3 Å². The van der Waals surface area contributed by atoms with Crippen LogP contribution < -0.4 is 0 Å². The van der Waals surface area contributed by atoms with Crippen LogP contribution in [0.15, 0.2) is 47.5 Å². The van der Waals surface area contributed by atoms with Gasteiger partial charge in [0.15, 0.2) is 0 Å². The lowest BCUT2D eigenvalue weighted by atomic mass is 10.0. The number of hydrogen-bond acceptors (Lipinski definition) is 3. The molecular weight excluding hydrogens is 296 g/mol. The summed E-state index contributed by atoms with van der Waals surface area (Å²) in [7, 11) is -3.46. The van der Waals surface area contributed by atoms with Gasteiger partial charge in [-0.2, -0.15) is 4.31 Å². The summed E-state index contributed by atoms with van der Waals surface area (Å²) in [6.45, 7) is 4.45. The SMILES string of the molecule is Cc1ccc(S(=O)(=O)N2CCC[C@@H]2c2cccnc2C)cc1. The Balaban J connectivity index is 1.99. The number of hydrogen-bond donors (Lipinski definition) is 0. The highest BCUT2D eigenvalue weighted by atomic mass is 32.2. The van der Waals surface area contributed by atoms with Crippen molar-refractivity contribution in [2.75, 3.05) is 6.54 Å². The Kier molecular flexibility index (Phi) is 4.02. The van der Waals surface area contributed by atoms with E-state index in [0.717, 1.165) is 29.7 Å². The fraction of sp³-hybridized carbons (Fsp3) is 0.353. The molecule has 1 aromatic carbocycles. The molecule has 1 aliphatic heterocycles. The van der Waals surface area contributed by atoms with Crippen LogP contribution in [0.25, 0.3) is 0 Å². The Morgan fingerprint density at radius 1 is 1.14 bits per heavy atom. The highest BCUT2D eigenvalue weighted by molar-refractivity contribution is 7.89. The Hall–Kier alpha value is -1.72. The van der Waals surface area contributed by atoms with E-state index in [1.165, 1.54) is 0 Å². The molecule has 3 rings (SSSR count). The molecule has 0 radical (unpaired) electrons. The first-order valence-electron chi connectivity index (χ1n) is 7.50. The van der Waals surface area contributed by atoms with Crippen molar-refractivity contribution in [1.82, 2.24) is 9.29 Å². The van der Waals surface area contributed by atoms with E-state index in [1.807, 2.05) is 38.1 Å². The number of rotatable bonds is 3. The van der Waals surface area contributed by atoms with Crippen LogP contribution in [0.4, 0.5) is 0 Å². The minimum atomic E-state index is -3.46. The van der Waals surface area contributed by atoms with E-state index in [2.05, 4.69) is 4.98 Å². The number of nitrogens with zero attached hydrogens (tertiary/aromatic N) is 2. The Morgan fingerprint density at radius 3 is 2.55 bits per heavy atom. The van der Waals surface area contributed by atoms with Gasteiger partial charge in [0.25, 0.3) is 0 Å². The molecule has 1 aliphatic rings. The zero-order valence-electron chi connectivity index (χ0n) is 12.9. The fourth-order valence-electron chi connectivity index (χ4n) is 3.03. The third-order valence-electron chi connectivity index (χ3n) is 4.24. The largest absolute Gasteiger partial charge is 0.261 e. The fourth-order valence-corrected chi connectivity index (χ4v) is 4.71. The zero-order valence-corrected chi connectivity index (χ0v) is 13.7. The van der Waals surface area contributed by atoms with E-state index in [1.54, 1.807) is 22.6 Å². The van der Waals surface area contributed by atoms with Gasteiger partial charge in [0.05, 0.1) is 10.9 Å². The summed E-state index contributed by atoms with van der Waals surface area (Å²) in [5.41, 5.74) is 2.97. The van der Waals surface area contributed by atoms with Gasteiger partial charge in [0.1, 0.15) is 0 Å². The van der Waals surface area contributed by atoms with Gasteiger partial charge in [-0.1, -0.05) is 23.8 Å². The van der Waals surface area contributed by atoms with Crippen molar-refractivity contribution in [3.05, 3.63) is 59.4 Å². The molecule has 1 fully saturated rings. The van der Waals surface area contributed by atoms with E-state index < -0.39 is 10.0 Å². The van der Waals surface area contributed by atoms with E-state index in [9.17, 15) is 8.42 Å². The standard InChI is InChI=1S/C17H20N2O2S/c1-13-7-9-15(10-8-13)22(20,21)19-12-4-6-17(19)16-5-3-11-18-14(16)2/h3,5,7-11,17H,4,6,12H2,1-2H3/t17-/m1/s1. The van der Waals surface area contributed by atoms with Crippen molar-refractivity contribution in [2.24, 2.45) is 0 Å². The minimum absolute atomic E-state index is 0.111. The van der Waals surface area contributed by atoms with Crippen molar-refractivity contribution in [1.29, 1.82) is 0 Å². The predicted octanol–water partition coefficient (Wildman–Crippen LogP) is 3.22. The molecule has 2 aromatic rings. The van der Waals surface area contributed by atoms with Crippen molar-refractivity contribution < 1.29 is 8.42 Å². The Bertz CT molecular complexity index is 770. The van der Waals surface area contributed by atoms with Crippen molar-refractivity contribution in [2.45, 2.75) is 37.6 Å². The summed E-state index contributed by atoms with van der Waals surface area (Å²) in [4.78, 5) is 4.67. The number of benzene rings is 1. The molecule has 0 bridgehead atoms. The molecule has 0 N–H and O–H groups in total. The summed E-state index contributed by atoms with van der Waals surface area (Å²) in [6, 6.07) is 10.8. The van der Waals surface area contributed by atoms with Gasteiger partial charge in [0.2, 0.25) is 10.0 Å². The van der Waals surface area contributed by atoms with Gasteiger partial charge in [-0.15, -0.1) is 0 Å². The van der Waals surface area contributed by atoms with E-state index in [0.29, 0.717) is 11.4 Å². The lowest BCUT2D eigenvalue weighted by Gasteiger charge is -2.25.